The molecule has 0 aromatic carbocycles. The number of amides is 1. The standard InChI is InChI=1S/C14H24N4O2/c1-14(2,3)12(19)9-17-4-6-18(7-5-17)13(20)11-8-15-10-16-11/h8,10,12,19H,4-7,9H2,1-3H3,(H,15,16)/t12-/m0/s1. The molecule has 0 aliphatic carbocycles. The van der Waals surface area contributed by atoms with Gasteiger partial charge in [-0.1, -0.05) is 20.8 Å². The molecule has 6 nitrogen and oxygen atoms in total. The summed E-state index contributed by atoms with van der Waals surface area (Å²) < 4.78 is 0. The molecule has 1 fully saturated rings. The Labute approximate surface area is 119 Å². The van der Waals surface area contributed by atoms with Crippen LogP contribution in [0.3, 0.4) is 0 Å². The third-order valence-corrected chi connectivity index (χ3v) is 3.82. The lowest BCUT2D eigenvalue weighted by molar-refractivity contribution is 0.0136. The zero-order chi connectivity index (χ0) is 14.8. The summed E-state index contributed by atoms with van der Waals surface area (Å²) in [4.78, 5) is 22.9. The van der Waals surface area contributed by atoms with Gasteiger partial charge in [-0.05, 0) is 5.41 Å². The zero-order valence-corrected chi connectivity index (χ0v) is 12.5. The first-order valence-electron chi connectivity index (χ1n) is 7.06. The predicted octanol–water partition coefficient (Wildman–Crippen LogP) is 0.574. The van der Waals surface area contributed by atoms with E-state index < -0.39 is 0 Å². The maximum atomic E-state index is 12.1. The number of piperazine rings is 1. The molecule has 6 heteroatoms. The van der Waals surface area contributed by atoms with Crippen molar-refractivity contribution in [2.45, 2.75) is 26.9 Å². The first kappa shape index (κ1) is 15.0. The van der Waals surface area contributed by atoms with Gasteiger partial charge in [-0.25, -0.2) is 4.98 Å². The van der Waals surface area contributed by atoms with Crippen LogP contribution in [0.25, 0.3) is 0 Å². The van der Waals surface area contributed by atoms with Crippen LogP contribution >= 0.6 is 0 Å². The van der Waals surface area contributed by atoms with Crippen LogP contribution in [-0.4, -0.2) is 69.6 Å². The Kier molecular flexibility index (Phi) is 4.45. The minimum atomic E-state index is -0.350. The fourth-order valence-electron chi connectivity index (χ4n) is 2.20. The smallest absolute Gasteiger partial charge is 0.272 e. The highest BCUT2D eigenvalue weighted by Crippen LogP contribution is 2.20. The summed E-state index contributed by atoms with van der Waals surface area (Å²) in [5.41, 5.74) is 0.427. The molecule has 2 N–H and O–H groups in total. The Hall–Kier alpha value is -1.40. The molecule has 1 aromatic rings. The van der Waals surface area contributed by atoms with Gasteiger partial charge >= 0.3 is 0 Å². The van der Waals surface area contributed by atoms with Crippen molar-refractivity contribution in [3.8, 4) is 0 Å². The Morgan fingerprint density at radius 1 is 1.40 bits per heavy atom. The van der Waals surface area contributed by atoms with Crippen molar-refractivity contribution in [1.29, 1.82) is 0 Å². The van der Waals surface area contributed by atoms with Crippen LogP contribution in [0.4, 0.5) is 0 Å². The second-order valence-corrected chi connectivity index (χ2v) is 6.44. The molecule has 0 radical (unpaired) electrons. The van der Waals surface area contributed by atoms with E-state index in [0.29, 0.717) is 25.3 Å². The summed E-state index contributed by atoms with van der Waals surface area (Å²) in [6, 6.07) is 0. The van der Waals surface area contributed by atoms with Crippen LogP contribution < -0.4 is 0 Å². The van der Waals surface area contributed by atoms with Crippen LogP contribution in [0, 0.1) is 5.41 Å². The number of aliphatic hydroxyl groups excluding tert-OH is 1. The minimum absolute atomic E-state index is 0.00137. The van der Waals surface area contributed by atoms with Gasteiger partial charge in [0, 0.05) is 32.7 Å². The number of hydrogen-bond acceptors (Lipinski definition) is 4. The Balaban J connectivity index is 1.82. The van der Waals surface area contributed by atoms with Crippen LogP contribution in [0.1, 0.15) is 31.3 Å². The van der Waals surface area contributed by atoms with Crippen molar-refractivity contribution in [3.05, 3.63) is 18.2 Å². The van der Waals surface area contributed by atoms with Gasteiger partial charge in [0.15, 0.2) is 0 Å². The molecule has 112 valence electrons. The highest BCUT2D eigenvalue weighted by Gasteiger charge is 2.28. The Bertz CT molecular complexity index is 431. The van der Waals surface area contributed by atoms with E-state index in [0.717, 1.165) is 13.1 Å². The first-order valence-corrected chi connectivity index (χ1v) is 7.06. The molecular formula is C14H24N4O2. The Morgan fingerprint density at radius 2 is 2.05 bits per heavy atom. The highest BCUT2D eigenvalue weighted by molar-refractivity contribution is 5.92. The molecule has 1 amide bonds. The highest BCUT2D eigenvalue weighted by atomic mass is 16.3. The van der Waals surface area contributed by atoms with Gasteiger partial charge in [0.05, 0.1) is 18.6 Å². The second kappa shape index (κ2) is 5.93. The lowest BCUT2D eigenvalue weighted by Gasteiger charge is -2.37. The number of aromatic nitrogens is 2. The molecule has 20 heavy (non-hydrogen) atoms. The van der Waals surface area contributed by atoms with Crippen molar-refractivity contribution >= 4 is 5.91 Å². The molecule has 0 saturated carbocycles. The number of aromatic amines is 1. The number of rotatable bonds is 3. The lowest BCUT2D eigenvalue weighted by Crippen LogP contribution is -2.51. The summed E-state index contributed by atoms with van der Waals surface area (Å²) in [5.74, 6) is -0.00137. The third-order valence-electron chi connectivity index (χ3n) is 3.82. The number of nitrogens with one attached hydrogen (secondary N) is 1. The largest absolute Gasteiger partial charge is 0.391 e. The zero-order valence-electron chi connectivity index (χ0n) is 12.5. The Morgan fingerprint density at radius 3 is 2.55 bits per heavy atom. The van der Waals surface area contributed by atoms with E-state index in [-0.39, 0.29) is 17.4 Å². The maximum Gasteiger partial charge on any atom is 0.272 e. The van der Waals surface area contributed by atoms with Crippen LogP contribution in [-0.2, 0) is 0 Å². The van der Waals surface area contributed by atoms with E-state index in [1.165, 1.54) is 6.33 Å². The van der Waals surface area contributed by atoms with Crippen molar-refractivity contribution in [2.24, 2.45) is 5.41 Å². The second-order valence-electron chi connectivity index (χ2n) is 6.44. The normalized spacial score (nSPS) is 19.1. The summed E-state index contributed by atoms with van der Waals surface area (Å²) >= 11 is 0. The van der Waals surface area contributed by atoms with Crippen molar-refractivity contribution in [2.75, 3.05) is 32.7 Å². The van der Waals surface area contributed by atoms with Crippen molar-refractivity contribution in [1.82, 2.24) is 19.8 Å². The van der Waals surface area contributed by atoms with Gasteiger partial charge in [0.2, 0.25) is 0 Å². The monoisotopic (exact) mass is 280 g/mol. The van der Waals surface area contributed by atoms with Crippen LogP contribution in [0.2, 0.25) is 0 Å². The van der Waals surface area contributed by atoms with Gasteiger partial charge < -0.3 is 15.0 Å². The van der Waals surface area contributed by atoms with Gasteiger partial charge in [-0.2, -0.15) is 0 Å². The maximum absolute atomic E-state index is 12.1. The summed E-state index contributed by atoms with van der Waals surface area (Å²) in [7, 11) is 0. The van der Waals surface area contributed by atoms with Gasteiger partial charge in [0.1, 0.15) is 5.69 Å². The lowest BCUT2D eigenvalue weighted by atomic mass is 9.89. The fraction of sp³-hybridized carbons (Fsp3) is 0.714. The first-order chi connectivity index (χ1) is 9.38. The molecule has 0 spiro atoms. The van der Waals surface area contributed by atoms with E-state index in [1.807, 2.05) is 25.7 Å². The molecule has 1 aliphatic rings. The average Bonchev–Trinajstić information content (AvgIpc) is 2.91. The quantitative estimate of drug-likeness (QED) is 0.849. The average molecular weight is 280 g/mol. The van der Waals surface area contributed by atoms with Crippen molar-refractivity contribution in [3.63, 3.8) is 0 Å². The summed E-state index contributed by atoms with van der Waals surface area (Å²) in [6.07, 6.45) is 2.72. The van der Waals surface area contributed by atoms with E-state index in [9.17, 15) is 9.90 Å². The number of β-amino-alcohol motifs (C(OH)–C–C–N with tert-alkyl or cyclic N) is 1. The SMILES string of the molecule is CC(C)(C)[C@@H](O)CN1CCN(C(=O)c2cnc[nH]2)CC1. The molecular weight excluding hydrogens is 256 g/mol. The summed E-state index contributed by atoms with van der Waals surface area (Å²) in [6.45, 7) is 9.75. The number of carbonyl (C=O) groups is 1. The van der Waals surface area contributed by atoms with Gasteiger partial charge in [0.25, 0.3) is 5.91 Å². The molecule has 2 heterocycles. The third kappa shape index (κ3) is 3.58. The molecule has 1 saturated heterocycles. The van der Waals surface area contributed by atoms with E-state index >= 15 is 0 Å². The van der Waals surface area contributed by atoms with Crippen LogP contribution in [0.15, 0.2) is 12.5 Å². The van der Waals surface area contributed by atoms with E-state index in [2.05, 4.69) is 14.9 Å². The molecule has 0 unspecified atom stereocenters. The molecule has 1 aliphatic heterocycles. The topological polar surface area (TPSA) is 72.5 Å². The van der Waals surface area contributed by atoms with E-state index in [1.54, 1.807) is 6.20 Å². The molecule has 1 aromatic heterocycles. The number of nitrogens with zero attached hydrogens (tertiary/aromatic N) is 3. The number of aliphatic hydroxyl groups is 1. The molecule has 0 bridgehead atoms. The fourth-order valence-corrected chi connectivity index (χ4v) is 2.20. The minimum Gasteiger partial charge on any atom is -0.391 e. The van der Waals surface area contributed by atoms with Gasteiger partial charge in [-0.3, -0.25) is 9.69 Å². The van der Waals surface area contributed by atoms with Crippen LogP contribution in [0.5, 0.6) is 0 Å². The number of carbonyl (C=O) groups excluding carboxylic acids is 1. The number of imidazole rings is 1. The number of hydrogen-bond donors (Lipinski definition) is 2. The molecule has 1 atom stereocenters. The van der Waals surface area contributed by atoms with Crippen molar-refractivity contribution < 1.29 is 9.90 Å². The van der Waals surface area contributed by atoms with E-state index in [4.69, 9.17) is 0 Å². The number of H-pyrrole nitrogens is 1. The molecule has 2 rings (SSSR count). The predicted molar refractivity (Wildman–Crippen MR) is 76.4 cm³/mol. The van der Waals surface area contributed by atoms with Gasteiger partial charge in [-0.15, -0.1) is 0 Å². The summed E-state index contributed by atoms with van der Waals surface area (Å²) in [5, 5.41) is 10.1.